The number of hydrogen-bond acceptors (Lipinski definition) is 2. The van der Waals surface area contributed by atoms with Gasteiger partial charge >= 0.3 is 0 Å². The van der Waals surface area contributed by atoms with Gasteiger partial charge in [0.15, 0.2) is 5.96 Å². The number of pyridine rings is 1. The third-order valence-electron chi connectivity index (χ3n) is 5.43. The molecule has 3 rings (SSSR count). The Hall–Kier alpha value is -1.58. The molecular weight excluding hydrogens is 272 g/mol. The second-order valence-corrected chi connectivity index (χ2v) is 6.90. The van der Waals surface area contributed by atoms with E-state index in [0.717, 1.165) is 25.5 Å². The summed E-state index contributed by atoms with van der Waals surface area (Å²) in [6.07, 6.45) is 11.8. The van der Waals surface area contributed by atoms with Crippen molar-refractivity contribution in [1.29, 1.82) is 0 Å². The normalized spacial score (nSPS) is 20.8. The molecule has 1 saturated carbocycles. The van der Waals surface area contributed by atoms with Crippen LogP contribution in [0.4, 0.5) is 0 Å². The van der Waals surface area contributed by atoms with E-state index >= 15 is 0 Å². The molecular formula is C18H28N4. The highest BCUT2D eigenvalue weighted by Gasteiger charge is 2.40. The molecule has 1 aromatic rings. The first kappa shape index (κ1) is 15.3. The molecule has 0 amide bonds. The number of hydrogen-bond donors (Lipinski definition) is 1. The summed E-state index contributed by atoms with van der Waals surface area (Å²) in [6.45, 7) is 5.41. The van der Waals surface area contributed by atoms with Gasteiger partial charge in [-0.2, -0.15) is 0 Å². The van der Waals surface area contributed by atoms with E-state index in [2.05, 4.69) is 33.2 Å². The predicted molar refractivity (Wildman–Crippen MR) is 91.1 cm³/mol. The fourth-order valence-corrected chi connectivity index (χ4v) is 4.07. The second-order valence-electron chi connectivity index (χ2n) is 6.90. The van der Waals surface area contributed by atoms with Crippen LogP contribution in [0, 0.1) is 12.3 Å². The first-order valence-corrected chi connectivity index (χ1v) is 8.58. The molecule has 1 spiro atoms. The minimum absolute atomic E-state index is 0.597. The fraction of sp³-hybridized carbons (Fsp3) is 0.667. The minimum Gasteiger partial charge on any atom is -0.356 e. The van der Waals surface area contributed by atoms with Crippen molar-refractivity contribution in [3.8, 4) is 0 Å². The first-order valence-electron chi connectivity index (χ1n) is 8.58. The number of rotatable bonds is 3. The van der Waals surface area contributed by atoms with Gasteiger partial charge in [0.05, 0.1) is 0 Å². The number of aryl methyl sites for hydroxylation is 1. The summed E-state index contributed by atoms with van der Waals surface area (Å²) in [5.41, 5.74) is 3.23. The van der Waals surface area contributed by atoms with Crippen LogP contribution >= 0.6 is 0 Å². The van der Waals surface area contributed by atoms with Gasteiger partial charge in [-0.25, -0.2) is 0 Å². The van der Waals surface area contributed by atoms with Crippen LogP contribution in [-0.2, 0) is 6.42 Å². The van der Waals surface area contributed by atoms with Crippen molar-refractivity contribution in [3.05, 3.63) is 29.6 Å². The Morgan fingerprint density at radius 2 is 2.18 bits per heavy atom. The van der Waals surface area contributed by atoms with Crippen LogP contribution in [0.2, 0.25) is 0 Å². The topological polar surface area (TPSA) is 40.5 Å². The molecule has 1 N–H and O–H groups in total. The zero-order valence-electron chi connectivity index (χ0n) is 13.9. The van der Waals surface area contributed by atoms with Crippen LogP contribution in [-0.4, -0.2) is 42.5 Å². The van der Waals surface area contributed by atoms with Crippen molar-refractivity contribution in [2.75, 3.05) is 26.7 Å². The highest BCUT2D eigenvalue weighted by molar-refractivity contribution is 5.80. The molecule has 4 nitrogen and oxygen atoms in total. The molecule has 0 bridgehead atoms. The highest BCUT2D eigenvalue weighted by Crippen LogP contribution is 2.45. The maximum Gasteiger partial charge on any atom is 0.193 e. The van der Waals surface area contributed by atoms with Gasteiger partial charge in [0.2, 0.25) is 0 Å². The summed E-state index contributed by atoms with van der Waals surface area (Å²) in [5, 5.41) is 3.55. The zero-order chi connectivity index (χ0) is 15.4. The van der Waals surface area contributed by atoms with Gasteiger partial charge in [-0.1, -0.05) is 12.8 Å². The molecule has 0 aromatic carbocycles. The summed E-state index contributed by atoms with van der Waals surface area (Å²) in [5.74, 6) is 1.08. The summed E-state index contributed by atoms with van der Waals surface area (Å²) in [7, 11) is 1.90. The fourth-order valence-electron chi connectivity index (χ4n) is 4.07. The summed E-state index contributed by atoms with van der Waals surface area (Å²) < 4.78 is 0. The van der Waals surface area contributed by atoms with Crippen molar-refractivity contribution in [1.82, 2.24) is 15.2 Å². The van der Waals surface area contributed by atoms with Gasteiger partial charge < -0.3 is 10.2 Å². The average Bonchev–Trinajstić information content (AvgIpc) is 3.16. The zero-order valence-corrected chi connectivity index (χ0v) is 13.9. The molecule has 2 fully saturated rings. The number of nitrogens with zero attached hydrogens (tertiary/aromatic N) is 3. The Bertz CT molecular complexity index is 532. The van der Waals surface area contributed by atoms with E-state index in [1.165, 1.54) is 49.8 Å². The summed E-state index contributed by atoms with van der Waals surface area (Å²) in [6, 6.07) is 2.11. The first-order chi connectivity index (χ1) is 10.7. The summed E-state index contributed by atoms with van der Waals surface area (Å²) in [4.78, 5) is 11.1. The quantitative estimate of drug-likeness (QED) is 0.689. The van der Waals surface area contributed by atoms with Crippen LogP contribution in [0.5, 0.6) is 0 Å². The Kier molecular flexibility index (Phi) is 4.65. The Balaban J connectivity index is 1.52. The standard InChI is InChI=1S/C18H28N4/c1-15-13-20-10-5-16(15)6-11-21-17(19-2)22-12-9-18(14-22)7-3-4-8-18/h5,10,13H,3-4,6-9,11-12,14H2,1-2H3,(H,19,21). The van der Waals surface area contributed by atoms with Crippen LogP contribution in [0.3, 0.4) is 0 Å². The monoisotopic (exact) mass is 300 g/mol. The van der Waals surface area contributed by atoms with Gasteiger partial charge in [0, 0.05) is 39.1 Å². The Morgan fingerprint density at radius 3 is 2.91 bits per heavy atom. The SMILES string of the molecule is CN=C(NCCc1ccncc1C)N1CCC2(CCCC2)C1. The van der Waals surface area contributed by atoms with E-state index in [9.17, 15) is 0 Å². The predicted octanol–water partition coefficient (Wildman–Crippen LogP) is 2.77. The number of likely N-dealkylation sites (tertiary alicyclic amines) is 1. The van der Waals surface area contributed by atoms with E-state index < -0.39 is 0 Å². The molecule has 0 unspecified atom stereocenters. The lowest BCUT2D eigenvalue weighted by Gasteiger charge is -2.26. The molecule has 0 atom stereocenters. The molecule has 1 aliphatic carbocycles. The molecule has 1 aromatic heterocycles. The van der Waals surface area contributed by atoms with Gasteiger partial charge in [-0.15, -0.1) is 0 Å². The molecule has 1 aliphatic heterocycles. The lowest BCUT2D eigenvalue weighted by Crippen LogP contribution is -2.41. The van der Waals surface area contributed by atoms with E-state index in [0.29, 0.717) is 5.41 Å². The second kappa shape index (κ2) is 6.67. The summed E-state index contributed by atoms with van der Waals surface area (Å²) >= 11 is 0. The third kappa shape index (κ3) is 3.26. The molecule has 0 radical (unpaired) electrons. The highest BCUT2D eigenvalue weighted by atomic mass is 15.3. The van der Waals surface area contributed by atoms with E-state index in [4.69, 9.17) is 0 Å². The van der Waals surface area contributed by atoms with Crippen LogP contribution in [0.25, 0.3) is 0 Å². The van der Waals surface area contributed by atoms with Gasteiger partial charge in [-0.3, -0.25) is 9.98 Å². The van der Waals surface area contributed by atoms with Crippen molar-refractivity contribution in [2.45, 2.75) is 45.4 Å². The molecule has 1 saturated heterocycles. The molecule has 22 heavy (non-hydrogen) atoms. The van der Waals surface area contributed by atoms with Crippen molar-refractivity contribution < 1.29 is 0 Å². The van der Waals surface area contributed by atoms with E-state index in [1.807, 2.05) is 19.4 Å². The Labute approximate surface area is 134 Å². The molecule has 4 heteroatoms. The lowest BCUT2D eigenvalue weighted by molar-refractivity contribution is 0.309. The van der Waals surface area contributed by atoms with Crippen molar-refractivity contribution >= 4 is 5.96 Å². The minimum atomic E-state index is 0.597. The van der Waals surface area contributed by atoms with Gasteiger partial charge in [-0.05, 0) is 55.2 Å². The average molecular weight is 300 g/mol. The van der Waals surface area contributed by atoms with Crippen LogP contribution in [0.15, 0.2) is 23.5 Å². The number of nitrogens with one attached hydrogen (secondary N) is 1. The smallest absolute Gasteiger partial charge is 0.193 e. The number of guanidine groups is 1. The van der Waals surface area contributed by atoms with Gasteiger partial charge in [0.25, 0.3) is 0 Å². The molecule has 120 valence electrons. The van der Waals surface area contributed by atoms with Crippen LogP contribution in [0.1, 0.15) is 43.2 Å². The lowest BCUT2D eigenvalue weighted by atomic mass is 9.86. The Morgan fingerprint density at radius 1 is 1.36 bits per heavy atom. The van der Waals surface area contributed by atoms with E-state index in [-0.39, 0.29) is 0 Å². The molecule has 2 heterocycles. The van der Waals surface area contributed by atoms with Crippen molar-refractivity contribution in [2.24, 2.45) is 10.4 Å². The van der Waals surface area contributed by atoms with Crippen LogP contribution < -0.4 is 5.32 Å². The number of aliphatic imine (C=N–C) groups is 1. The van der Waals surface area contributed by atoms with E-state index in [1.54, 1.807) is 0 Å². The molecule has 2 aliphatic rings. The van der Waals surface area contributed by atoms with Gasteiger partial charge in [0.1, 0.15) is 0 Å². The van der Waals surface area contributed by atoms with Crippen molar-refractivity contribution in [3.63, 3.8) is 0 Å². The number of aromatic nitrogens is 1. The third-order valence-corrected chi connectivity index (χ3v) is 5.43. The maximum absolute atomic E-state index is 4.50. The largest absolute Gasteiger partial charge is 0.356 e. The maximum atomic E-state index is 4.50.